The topological polar surface area (TPSA) is 78.6 Å². The van der Waals surface area contributed by atoms with Crippen molar-refractivity contribution in [1.29, 1.82) is 0 Å². The lowest BCUT2D eigenvalue weighted by Crippen LogP contribution is -2.26. The molecule has 20 heavy (non-hydrogen) atoms. The summed E-state index contributed by atoms with van der Waals surface area (Å²) >= 11 is 0. The van der Waals surface area contributed by atoms with E-state index >= 15 is 0 Å². The molecule has 0 aliphatic heterocycles. The van der Waals surface area contributed by atoms with Crippen LogP contribution in [0.1, 0.15) is 13.8 Å². The number of hydrogen-bond acceptors (Lipinski definition) is 6. The molecule has 6 heteroatoms. The third-order valence-electron chi connectivity index (χ3n) is 2.64. The van der Waals surface area contributed by atoms with Crippen LogP contribution in [0.3, 0.4) is 0 Å². The number of methoxy groups -OCH3 is 2. The van der Waals surface area contributed by atoms with Crippen LogP contribution in [-0.4, -0.2) is 45.1 Å². The van der Waals surface area contributed by atoms with Gasteiger partial charge in [-0.05, 0) is 18.1 Å². The van der Waals surface area contributed by atoms with Gasteiger partial charge in [-0.25, -0.2) is 0 Å². The Morgan fingerprint density at radius 2 is 2.00 bits per heavy atom. The summed E-state index contributed by atoms with van der Waals surface area (Å²) in [5.74, 6) is 1.59. The maximum Gasteiger partial charge on any atom is 0.239 e. The number of nitrogen functional groups attached to an aromatic ring is 1. The summed E-state index contributed by atoms with van der Waals surface area (Å²) in [4.78, 5) is 4.36. The van der Waals surface area contributed by atoms with Crippen molar-refractivity contribution in [3.63, 3.8) is 0 Å². The lowest BCUT2D eigenvalue weighted by molar-refractivity contribution is 0.0365. The molecule has 3 N–H and O–H groups in total. The zero-order valence-electron chi connectivity index (χ0n) is 12.7. The summed E-state index contributed by atoms with van der Waals surface area (Å²) in [7, 11) is 3.30. The highest BCUT2D eigenvalue weighted by Crippen LogP contribution is 2.21. The van der Waals surface area contributed by atoms with E-state index in [0.29, 0.717) is 43.1 Å². The molecule has 1 atom stereocenters. The molecule has 0 bridgehead atoms. The lowest BCUT2D eigenvalue weighted by Gasteiger charge is -2.16. The SMILES string of the molecule is COCC(CNc1ccc(N)c(OCC(C)C)n1)OC. The number of pyridine rings is 1. The van der Waals surface area contributed by atoms with E-state index in [-0.39, 0.29) is 6.10 Å². The Balaban J connectivity index is 2.60. The summed E-state index contributed by atoms with van der Waals surface area (Å²) in [6, 6.07) is 3.60. The van der Waals surface area contributed by atoms with Crippen molar-refractivity contribution < 1.29 is 14.2 Å². The maximum absolute atomic E-state index is 5.85. The molecule has 6 nitrogen and oxygen atoms in total. The summed E-state index contributed by atoms with van der Waals surface area (Å²) in [6.45, 7) is 5.86. The first-order valence-corrected chi connectivity index (χ1v) is 6.71. The minimum Gasteiger partial charge on any atom is -0.476 e. The molecule has 1 aromatic rings. The molecule has 1 aromatic heterocycles. The van der Waals surface area contributed by atoms with Gasteiger partial charge in [0.2, 0.25) is 5.88 Å². The van der Waals surface area contributed by atoms with Crippen molar-refractivity contribution >= 4 is 11.5 Å². The third kappa shape index (κ3) is 5.63. The number of anilines is 2. The van der Waals surface area contributed by atoms with E-state index in [1.807, 2.05) is 6.07 Å². The van der Waals surface area contributed by atoms with E-state index in [0.717, 1.165) is 0 Å². The van der Waals surface area contributed by atoms with Crippen molar-refractivity contribution in [2.75, 3.05) is 45.0 Å². The fourth-order valence-corrected chi connectivity index (χ4v) is 1.53. The van der Waals surface area contributed by atoms with Gasteiger partial charge in [-0.15, -0.1) is 0 Å². The summed E-state index contributed by atoms with van der Waals surface area (Å²) < 4.78 is 15.9. The van der Waals surface area contributed by atoms with Crippen molar-refractivity contribution in [3.8, 4) is 5.88 Å². The highest BCUT2D eigenvalue weighted by molar-refractivity contribution is 5.53. The molecule has 0 amide bonds. The van der Waals surface area contributed by atoms with Crippen LogP contribution >= 0.6 is 0 Å². The van der Waals surface area contributed by atoms with Crippen LogP contribution in [-0.2, 0) is 9.47 Å². The van der Waals surface area contributed by atoms with Gasteiger partial charge >= 0.3 is 0 Å². The second-order valence-electron chi connectivity index (χ2n) is 4.99. The first-order valence-electron chi connectivity index (χ1n) is 6.71. The Bertz CT molecular complexity index is 399. The van der Waals surface area contributed by atoms with Gasteiger partial charge in [-0.1, -0.05) is 13.8 Å². The average molecular weight is 283 g/mol. The monoisotopic (exact) mass is 283 g/mol. The van der Waals surface area contributed by atoms with Crippen LogP contribution in [0, 0.1) is 5.92 Å². The van der Waals surface area contributed by atoms with Gasteiger partial charge in [0.05, 0.1) is 25.0 Å². The molecule has 0 fully saturated rings. The highest BCUT2D eigenvalue weighted by atomic mass is 16.5. The number of rotatable bonds is 9. The third-order valence-corrected chi connectivity index (χ3v) is 2.64. The highest BCUT2D eigenvalue weighted by Gasteiger charge is 2.09. The normalized spacial score (nSPS) is 12.4. The number of hydrogen-bond donors (Lipinski definition) is 2. The molecule has 1 heterocycles. The van der Waals surface area contributed by atoms with Crippen LogP contribution in [0.2, 0.25) is 0 Å². The molecular formula is C14H25N3O3. The van der Waals surface area contributed by atoms with E-state index in [4.69, 9.17) is 19.9 Å². The number of aromatic nitrogens is 1. The number of nitrogens with zero attached hydrogens (tertiary/aromatic N) is 1. The Labute approximate surface area is 120 Å². The fourth-order valence-electron chi connectivity index (χ4n) is 1.53. The van der Waals surface area contributed by atoms with Gasteiger partial charge in [-0.2, -0.15) is 4.98 Å². The molecule has 0 saturated carbocycles. The predicted octanol–water partition coefficient (Wildman–Crippen LogP) is 1.77. The van der Waals surface area contributed by atoms with Crippen molar-refractivity contribution in [3.05, 3.63) is 12.1 Å². The summed E-state index contributed by atoms with van der Waals surface area (Å²) in [5.41, 5.74) is 6.38. The van der Waals surface area contributed by atoms with Crippen molar-refractivity contribution in [1.82, 2.24) is 4.98 Å². The smallest absolute Gasteiger partial charge is 0.239 e. The summed E-state index contributed by atoms with van der Waals surface area (Å²) in [5, 5.41) is 3.18. The molecule has 114 valence electrons. The molecule has 0 radical (unpaired) electrons. The molecule has 0 aliphatic carbocycles. The molecule has 1 rings (SSSR count). The molecule has 0 aliphatic rings. The maximum atomic E-state index is 5.85. The molecular weight excluding hydrogens is 258 g/mol. The van der Waals surface area contributed by atoms with Gasteiger partial charge < -0.3 is 25.3 Å². The lowest BCUT2D eigenvalue weighted by atomic mass is 10.2. The molecule has 0 aromatic carbocycles. The predicted molar refractivity (Wildman–Crippen MR) is 80.1 cm³/mol. The van der Waals surface area contributed by atoms with E-state index in [2.05, 4.69) is 24.1 Å². The zero-order valence-corrected chi connectivity index (χ0v) is 12.7. The minimum absolute atomic E-state index is 0.0283. The van der Waals surface area contributed by atoms with Crippen LogP contribution in [0.5, 0.6) is 5.88 Å². The van der Waals surface area contributed by atoms with Crippen LogP contribution < -0.4 is 15.8 Å². The van der Waals surface area contributed by atoms with Gasteiger partial charge in [0.15, 0.2) is 0 Å². The van der Waals surface area contributed by atoms with Crippen molar-refractivity contribution in [2.45, 2.75) is 20.0 Å². The number of ether oxygens (including phenoxy) is 3. The Morgan fingerprint density at radius 3 is 2.60 bits per heavy atom. The molecule has 1 unspecified atom stereocenters. The van der Waals surface area contributed by atoms with Crippen LogP contribution in [0.25, 0.3) is 0 Å². The standard InChI is InChI=1S/C14H25N3O3/c1-10(2)8-20-14-12(15)5-6-13(17-14)16-7-11(19-4)9-18-3/h5-6,10-11H,7-9,15H2,1-4H3,(H,16,17). The van der Waals surface area contributed by atoms with E-state index in [9.17, 15) is 0 Å². The minimum atomic E-state index is -0.0283. The van der Waals surface area contributed by atoms with E-state index < -0.39 is 0 Å². The summed E-state index contributed by atoms with van der Waals surface area (Å²) in [6.07, 6.45) is -0.0283. The van der Waals surface area contributed by atoms with Gasteiger partial charge in [0.25, 0.3) is 0 Å². The number of nitrogens with one attached hydrogen (secondary N) is 1. The average Bonchev–Trinajstić information content (AvgIpc) is 2.43. The fraction of sp³-hybridized carbons (Fsp3) is 0.643. The van der Waals surface area contributed by atoms with Crippen LogP contribution in [0.4, 0.5) is 11.5 Å². The quantitative estimate of drug-likeness (QED) is 0.719. The Hall–Kier alpha value is -1.53. The van der Waals surface area contributed by atoms with E-state index in [1.165, 1.54) is 0 Å². The largest absolute Gasteiger partial charge is 0.476 e. The van der Waals surface area contributed by atoms with Gasteiger partial charge in [-0.3, -0.25) is 0 Å². The Morgan fingerprint density at radius 1 is 1.25 bits per heavy atom. The number of nitrogens with two attached hydrogens (primary N) is 1. The van der Waals surface area contributed by atoms with Crippen molar-refractivity contribution in [2.24, 2.45) is 5.92 Å². The van der Waals surface area contributed by atoms with Crippen LogP contribution in [0.15, 0.2) is 12.1 Å². The first kappa shape index (κ1) is 16.5. The van der Waals surface area contributed by atoms with Gasteiger partial charge in [0.1, 0.15) is 5.82 Å². The second-order valence-corrected chi connectivity index (χ2v) is 4.99. The van der Waals surface area contributed by atoms with Gasteiger partial charge in [0, 0.05) is 20.8 Å². The Kier molecular flexibility index (Phi) is 7.11. The first-order chi connectivity index (χ1) is 9.56. The molecule has 0 spiro atoms. The second kappa shape index (κ2) is 8.60. The van der Waals surface area contributed by atoms with E-state index in [1.54, 1.807) is 20.3 Å². The zero-order chi connectivity index (χ0) is 15.0. The molecule has 0 saturated heterocycles.